The van der Waals surface area contributed by atoms with Crippen LogP contribution in [-0.4, -0.2) is 38.4 Å². The maximum Gasteiger partial charge on any atom is 0.493 e. The average Bonchev–Trinajstić information content (AvgIpc) is 2.92. The van der Waals surface area contributed by atoms with E-state index in [1.165, 1.54) is 36.9 Å². The topological polar surface area (TPSA) is 108 Å². The van der Waals surface area contributed by atoms with Crippen molar-refractivity contribution in [3.63, 3.8) is 0 Å². The second-order valence-corrected chi connectivity index (χ2v) is 8.99. The maximum absolute atomic E-state index is 13.1. The van der Waals surface area contributed by atoms with Crippen LogP contribution in [0.3, 0.4) is 0 Å². The first-order chi connectivity index (χ1) is 19.8. The van der Waals surface area contributed by atoms with Crippen molar-refractivity contribution >= 4 is 23.5 Å². The predicted molar refractivity (Wildman–Crippen MR) is 136 cm³/mol. The van der Waals surface area contributed by atoms with Crippen molar-refractivity contribution in [3.05, 3.63) is 105 Å². The molecule has 0 bridgehead atoms. The Morgan fingerprint density at radius 3 is 2.26 bits per heavy atom. The molecule has 42 heavy (non-hydrogen) atoms. The van der Waals surface area contributed by atoms with E-state index < -0.39 is 40.4 Å². The van der Waals surface area contributed by atoms with Crippen LogP contribution in [-0.2, 0) is 23.8 Å². The first kappa shape index (κ1) is 30.3. The number of nitrogens with zero attached hydrogens (tertiary/aromatic N) is 4. The van der Waals surface area contributed by atoms with E-state index in [1.54, 1.807) is 12.1 Å². The van der Waals surface area contributed by atoms with E-state index in [0.717, 1.165) is 18.3 Å². The van der Waals surface area contributed by atoms with E-state index in [2.05, 4.69) is 25.1 Å². The molecule has 0 saturated heterocycles. The van der Waals surface area contributed by atoms with Crippen LogP contribution in [0.1, 0.15) is 22.3 Å². The van der Waals surface area contributed by atoms with Gasteiger partial charge in [0.15, 0.2) is 0 Å². The molecule has 220 valence electrons. The summed E-state index contributed by atoms with van der Waals surface area (Å²) >= 11 is 5.62. The molecule has 0 aliphatic rings. The molecule has 2 aromatic heterocycles. The van der Waals surface area contributed by atoms with Gasteiger partial charge < -0.3 is 14.9 Å². The van der Waals surface area contributed by atoms with Gasteiger partial charge >= 0.3 is 18.3 Å². The van der Waals surface area contributed by atoms with Crippen molar-refractivity contribution in [2.24, 2.45) is 0 Å². The van der Waals surface area contributed by atoms with Gasteiger partial charge in [0, 0.05) is 30.9 Å². The van der Waals surface area contributed by atoms with Crippen LogP contribution < -0.4 is 20.5 Å². The number of halogens is 7. The minimum atomic E-state index is -5.31. The van der Waals surface area contributed by atoms with E-state index in [9.17, 15) is 35.9 Å². The third-order valence-electron chi connectivity index (χ3n) is 5.48. The monoisotopic (exact) mass is 613 g/mol. The van der Waals surface area contributed by atoms with Crippen LogP contribution in [0.15, 0.2) is 72.2 Å². The Bertz CT molecular complexity index is 1610. The molecule has 0 spiro atoms. The number of nitrogens with one attached hydrogen (secondary N) is 1. The lowest BCUT2D eigenvalue weighted by atomic mass is 10.1. The molecular weight excluding hydrogens is 596 g/mol. The summed E-state index contributed by atoms with van der Waals surface area (Å²) in [5, 5.41) is 2.20. The summed E-state index contributed by atoms with van der Waals surface area (Å²) in [5.74, 6) is -2.82. The van der Waals surface area contributed by atoms with Gasteiger partial charge in [0.2, 0.25) is 5.95 Å². The molecule has 0 aliphatic carbocycles. The highest BCUT2D eigenvalue weighted by Crippen LogP contribution is 2.37. The predicted octanol–water partition coefficient (Wildman–Crippen LogP) is 5.26. The first-order valence-electron chi connectivity index (χ1n) is 11.8. The molecule has 0 saturated carbocycles. The van der Waals surface area contributed by atoms with Gasteiger partial charge in [0.1, 0.15) is 17.8 Å². The quantitative estimate of drug-likeness (QED) is 0.255. The third-order valence-corrected chi connectivity index (χ3v) is 5.81. The molecule has 9 nitrogen and oxygen atoms in total. The largest absolute Gasteiger partial charge is 0.493 e. The van der Waals surface area contributed by atoms with Crippen LogP contribution in [0.25, 0.3) is 0 Å². The van der Waals surface area contributed by atoms with Crippen molar-refractivity contribution in [3.8, 4) is 11.5 Å². The minimum absolute atomic E-state index is 0.0359. The minimum Gasteiger partial charge on any atom is -0.457 e. The number of rotatable bonds is 9. The fourth-order valence-electron chi connectivity index (χ4n) is 3.53. The fraction of sp³-hybridized carbons (Fsp3) is 0.192. The molecule has 0 radical (unpaired) electrons. The van der Waals surface area contributed by atoms with E-state index in [4.69, 9.17) is 16.3 Å². The molecule has 2 aromatic carbocycles. The lowest BCUT2D eigenvalue weighted by Crippen LogP contribution is -2.36. The second-order valence-electron chi connectivity index (χ2n) is 8.58. The van der Waals surface area contributed by atoms with E-state index in [0.29, 0.717) is 15.9 Å². The number of anilines is 1. The molecule has 0 unspecified atom stereocenters. The zero-order chi connectivity index (χ0) is 30.5. The lowest BCUT2D eigenvalue weighted by molar-refractivity contribution is -0.199. The molecule has 1 N–H and O–H groups in total. The van der Waals surface area contributed by atoms with Crippen LogP contribution in [0.2, 0.25) is 5.02 Å². The Labute approximate surface area is 237 Å². The van der Waals surface area contributed by atoms with Crippen LogP contribution >= 0.6 is 11.6 Å². The molecule has 2 heterocycles. The zero-order valence-corrected chi connectivity index (χ0v) is 21.8. The Balaban J connectivity index is 1.44. The van der Waals surface area contributed by atoms with Gasteiger partial charge in [-0.15, -0.1) is 4.73 Å². The SMILES string of the molecule is O=C(On1cc(Cc2cncnc2)c(=O)nc1NCCc1ccc(Oc2ccc(Cl)c(C(F)(F)F)c2)cc1)C(F)(F)F. The number of carbonyl (C=O) groups excluding carboxylic acids is 1. The zero-order valence-electron chi connectivity index (χ0n) is 21.0. The Morgan fingerprint density at radius 1 is 0.952 bits per heavy atom. The molecule has 0 fully saturated rings. The van der Waals surface area contributed by atoms with Crippen molar-refractivity contribution < 1.29 is 40.7 Å². The second kappa shape index (κ2) is 12.5. The number of carbonyl (C=O) groups is 1. The Hall–Kier alpha value is -4.66. The molecule has 4 aromatic rings. The summed E-state index contributed by atoms with van der Waals surface area (Å²) < 4.78 is 83.7. The van der Waals surface area contributed by atoms with Gasteiger partial charge in [-0.25, -0.2) is 14.8 Å². The molecule has 4 rings (SSSR count). The van der Waals surface area contributed by atoms with Crippen molar-refractivity contribution in [1.29, 1.82) is 0 Å². The molecular formula is C26H18ClF6N5O4. The summed E-state index contributed by atoms with van der Waals surface area (Å²) in [7, 11) is 0. The summed E-state index contributed by atoms with van der Waals surface area (Å²) in [6.07, 6.45) is -4.82. The van der Waals surface area contributed by atoms with Gasteiger partial charge in [-0.2, -0.15) is 31.3 Å². The summed E-state index contributed by atoms with van der Waals surface area (Å²) in [6.45, 7) is 0.0359. The highest BCUT2D eigenvalue weighted by atomic mass is 35.5. The van der Waals surface area contributed by atoms with Crippen molar-refractivity contribution in [2.45, 2.75) is 25.2 Å². The van der Waals surface area contributed by atoms with Gasteiger partial charge in [-0.3, -0.25) is 4.79 Å². The van der Waals surface area contributed by atoms with Gasteiger partial charge in [-0.05, 0) is 47.9 Å². The van der Waals surface area contributed by atoms with E-state index in [1.807, 2.05) is 0 Å². The van der Waals surface area contributed by atoms with Crippen LogP contribution in [0.4, 0.5) is 32.3 Å². The maximum atomic E-state index is 13.1. The summed E-state index contributed by atoms with van der Waals surface area (Å²) in [6, 6.07) is 9.34. The summed E-state index contributed by atoms with van der Waals surface area (Å²) in [5.41, 5.74) is -0.750. The lowest BCUT2D eigenvalue weighted by Gasteiger charge is -2.15. The smallest absolute Gasteiger partial charge is 0.457 e. The molecule has 0 aliphatic heterocycles. The number of hydrogen-bond acceptors (Lipinski definition) is 8. The third kappa shape index (κ3) is 7.96. The number of hydrogen-bond donors (Lipinski definition) is 1. The van der Waals surface area contributed by atoms with Gasteiger partial charge in [0.25, 0.3) is 5.56 Å². The Kier molecular flexibility index (Phi) is 8.99. The number of aromatic nitrogens is 4. The fourth-order valence-corrected chi connectivity index (χ4v) is 3.75. The molecule has 0 atom stereocenters. The molecule has 0 amide bonds. The normalized spacial score (nSPS) is 11.7. The van der Waals surface area contributed by atoms with E-state index >= 15 is 0 Å². The number of benzene rings is 2. The van der Waals surface area contributed by atoms with E-state index in [-0.39, 0.29) is 36.4 Å². The Morgan fingerprint density at radius 2 is 1.62 bits per heavy atom. The summed E-state index contributed by atoms with van der Waals surface area (Å²) in [4.78, 5) is 39.8. The van der Waals surface area contributed by atoms with Gasteiger partial charge in [0.05, 0.1) is 16.8 Å². The van der Waals surface area contributed by atoms with Crippen molar-refractivity contribution in [1.82, 2.24) is 19.7 Å². The average molecular weight is 614 g/mol. The highest BCUT2D eigenvalue weighted by molar-refractivity contribution is 6.31. The van der Waals surface area contributed by atoms with Crippen molar-refractivity contribution in [2.75, 3.05) is 11.9 Å². The number of alkyl halides is 6. The van der Waals surface area contributed by atoms with Crippen LogP contribution in [0.5, 0.6) is 11.5 Å². The van der Waals surface area contributed by atoms with Crippen LogP contribution in [0, 0.1) is 0 Å². The number of ether oxygens (including phenoxy) is 1. The highest BCUT2D eigenvalue weighted by Gasteiger charge is 2.42. The standard InChI is InChI=1S/C26H18ClF6N5O4/c27-21-6-5-19(10-20(21)25(28,29)30)41-18-3-1-15(2-4-18)7-8-36-24-37-22(39)17(9-16-11-34-14-35-12-16)13-38(24)42-23(40)26(31,32)33/h1-6,10-14H,7-9H2,(H,36,37,39). The van der Waals surface area contributed by atoms with Gasteiger partial charge in [-0.1, -0.05) is 23.7 Å². The first-order valence-corrected chi connectivity index (χ1v) is 12.2. The molecule has 16 heteroatoms.